The molecule has 1 aliphatic rings. The van der Waals surface area contributed by atoms with Crippen molar-refractivity contribution in [3.05, 3.63) is 46.8 Å². The van der Waals surface area contributed by atoms with Crippen molar-refractivity contribution in [2.75, 3.05) is 5.75 Å². The fourth-order valence-electron chi connectivity index (χ4n) is 3.13. The van der Waals surface area contributed by atoms with Crippen LogP contribution >= 0.6 is 11.3 Å². The van der Waals surface area contributed by atoms with Crippen molar-refractivity contribution in [3.63, 3.8) is 0 Å². The molecule has 2 aromatic heterocycles. The van der Waals surface area contributed by atoms with Crippen molar-refractivity contribution >= 4 is 27.0 Å². The Bertz CT molecular complexity index is 1260. The Morgan fingerprint density at radius 3 is 2.37 bits per heavy atom. The van der Waals surface area contributed by atoms with Gasteiger partial charge < -0.3 is 10.2 Å². The molecule has 3 aromatic rings. The number of hydrogen-bond donors (Lipinski definition) is 1. The summed E-state index contributed by atoms with van der Waals surface area (Å²) in [6, 6.07) is 6.69. The molecule has 1 aliphatic heterocycles. The SMILES string of the molecule is CC1(c2sc(-c3nnc(-c4ccc(F)cc4)o3)cc2F)CS(=O)(=O)C(C)(C)C(N)=N1. The first-order chi connectivity index (χ1) is 13.9. The highest BCUT2D eigenvalue weighted by molar-refractivity contribution is 7.93. The predicted octanol–water partition coefficient (Wildman–Crippen LogP) is 3.52. The summed E-state index contributed by atoms with van der Waals surface area (Å²) in [5.41, 5.74) is 5.07. The molecular weight excluding hydrogens is 434 g/mol. The maximum atomic E-state index is 14.8. The zero-order valence-electron chi connectivity index (χ0n) is 16.3. The van der Waals surface area contributed by atoms with Crippen LogP contribution in [0.3, 0.4) is 0 Å². The highest BCUT2D eigenvalue weighted by Crippen LogP contribution is 2.43. The average Bonchev–Trinajstić information content (AvgIpc) is 3.27. The minimum atomic E-state index is -3.67. The van der Waals surface area contributed by atoms with Gasteiger partial charge in [0.25, 0.3) is 5.89 Å². The van der Waals surface area contributed by atoms with Gasteiger partial charge in [0.2, 0.25) is 5.89 Å². The molecule has 1 unspecified atom stereocenters. The topological polar surface area (TPSA) is 111 Å². The summed E-state index contributed by atoms with van der Waals surface area (Å²) in [6.45, 7) is 4.49. The van der Waals surface area contributed by atoms with Gasteiger partial charge in [-0.1, -0.05) is 0 Å². The van der Waals surface area contributed by atoms with Gasteiger partial charge >= 0.3 is 0 Å². The van der Waals surface area contributed by atoms with E-state index in [0.717, 1.165) is 11.3 Å². The van der Waals surface area contributed by atoms with Gasteiger partial charge in [-0.2, -0.15) is 0 Å². The molecule has 0 amide bonds. The first-order valence-electron chi connectivity index (χ1n) is 8.91. The standard InChI is InChI=1S/C19H18F2N4O3S2/c1-18(2)17(22)23-19(3,9-30(18,26)27)14-12(21)8-13(29-14)16-25-24-15(28-16)10-4-6-11(20)7-5-10/h4-8H,9H2,1-3H3,(H2,22,23). The van der Waals surface area contributed by atoms with Crippen LogP contribution in [0, 0.1) is 11.6 Å². The number of sulfone groups is 1. The third kappa shape index (κ3) is 3.21. The van der Waals surface area contributed by atoms with Crippen LogP contribution in [0.5, 0.6) is 0 Å². The summed E-state index contributed by atoms with van der Waals surface area (Å²) in [6.07, 6.45) is 0. The van der Waals surface area contributed by atoms with E-state index in [-0.39, 0.29) is 28.2 Å². The summed E-state index contributed by atoms with van der Waals surface area (Å²) in [7, 11) is -3.67. The Morgan fingerprint density at radius 1 is 1.10 bits per heavy atom. The Hall–Kier alpha value is -2.66. The predicted molar refractivity (Wildman–Crippen MR) is 110 cm³/mol. The second-order valence-corrected chi connectivity index (χ2v) is 11.3. The summed E-state index contributed by atoms with van der Waals surface area (Å²) in [5.74, 6) is -1.27. The number of aromatic nitrogens is 2. The normalized spacial score (nSPS) is 22.6. The highest BCUT2D eigenvalue weighted by atomic mass is 32.2. The maximum absolute atomic E-state index is 14.8. The van der Waals surface area contributed by atoms with E-state index in [9.17, 15) is 17.2 Å². The lowest BCUT2D eigenvalue weighted by Crippen LogP contribution is -2.54. The Balaban J connectivity index is 1.73. The van der Waals surface area contributed by atoms with Crippen LogP contribution in [-0.2, 0) is 15.4 Å². The Morgan fingerprint density at radius 2 is 1.73 bits per heavy atom. The average molecular weight is 453 g/mol. The van der Waals surface area contributed by atoms with E-state index in [1.807, 2.05) is 0 Å². The first kappa shape index (κ1) is 20.6. The second-order valence-electron chi connectivity index (χ2n) is 7.75. The summed E-state index contributed by atoms with van der Waals surface area (Å²) in [5, 5.41) is 7.85. The number of nitrogens with zero attached hydrogens (tertiary/aromatic N) is 3. The van der Waals surface area contributed by atoms with Crippen molar-refractivity contribution in [1.82, 2.24) is 10.2 Å². The van der Waals surface area contributed by atoms with Crippen molar-refractivity contribution < 1.29 is 21.6 Å². The van der Waals surface area contributed by atoms with Crippen LogP contribution in [0.15, 0.2) is 39.7 Å². The molecule has 7 nitrogen and oxygen atoms in total. The number of nitrogens with two attached hydrogens (primary N) is 1. The zero-order chi connectivity index (χ0) is 21.9. The molecule has 3 heterocycles. The van der Waals surface area contributed by atoms with Crippen LogP contribution in [0.2, 0.25) is 0 Å². The molecule has 0 radical (unpaired) electrons. The number of thiophene rings is 1. The van der Waals surface area contributed by atoms with Crippen LogP contribution in [0.1, 0.15) is 25.6 Å². The summed E-state index contributed by atoms with van der Waals surface area (Å²) in [4.78, 5) is 4.78. The minimum Gasteiger partial charge on any atom is -0.415 e. The summed E-state index contributed by atoms with van der Waals surface area (Å²) >= 11 is 0.974. The van der Waals surface area contributed by atoms with E-state index in [2.05, 4.69) is 15.2 Å². The van der Waals surface area contributed by atoms with Crippen molar-refractivity contribution in [3.8, 4) is 22.2 Å². The monoisotopic (exact) mass is 452 g/mol. The van der Waals surface area contributed by atoms with E-state index in [4.69, 9.17) is 10.2 Å². The van der Waals surface area contributed by atoms with Gasteiger partial charge in [-0.05, 0) is 51.1 Å². The lowest BCUT2D eigenvalue weighted by atomic mass is 10.0. The number of hydrogen-bond acceptors (Lipinski definition) is 8. The number of amidine groups is 1. The molecular formula is C19H18F2N4O3S2. The number of aliphatic imine (C=N–C) groups is 1. The van der Waals surface area contributed by atoms with Crippen LogP contribution < -0.4 is 5.73 Å². The third-order valence-electron chi connectivity index (χ3n) is 5.14. The molecule has 11 heteroatoms. The summed E-state index contributed by atoms with van der Waals surface area (Å²) < 4.78 is 57.7. The van der Waals surface area contributed by atoms with E-state index >= 15 is 0 Å². The third-order valence-corrected chi connectivity index (χ3v) is 9.19. The van der Waals surface area contributed by atoms with Crippen molar-refractivity contribution in [2.24, 2.45) is 10.7 Å². The van der Waals surface area contributed by atoms with Gasteiger partial charge in [0.1, 0.15) is 27.8 Å². The molecule has 0 fully saturated rings. The molecule has 0 aliphatic carbocycles. The van der Waals surface area contributed by atoms with Gasteiger partial charge in [0.05, 0.1) is 15.5 Å². The van der Waals surface area contributed by atoms with E-state index < -0.39 is 31.8 Å². The van der Waals surface area contributed by atoms with Crippen molar-refractivity contribution in [2.45, 2.75) is 31.1 Å². The molecule has 0 bridgehead atoms. The lowest BCUT2D eigenvalue weighted by molar-refractivity contribution is 0.486. The van der Waals surface area contributed by atoms with Crippen molar-refractivity contribution in [1.29, 1.82) is 0 Å². The van der Waals surface area contributed by atoms with E-state index in [0.29, 0.717) is 10.4 Å². The largest absolute Gasteiger partial charge is 0.415 e. The fourth-order valence-corrected chi connectivity index (χ4v) is 5.94. The first-order valence-corrected chi connectivity index (χ1v) is 11.4. The molecule has 4 rings (SSSR count). The molecule has 30 heavy (non-hydrogen) atoms. The molecule has 1 aromatic carbocycles. The molecule has 0 saturated carbocycles. The fraction of sp³-hybridized carbons (Fsp3) is 0.316. The van der Waals surface area contributed by atoms with E-state index in [1.165, 1.54) is 51.1 Å². The van der Waals surface area contributed by atoms with Crippen LogP contribution in [-0.4, -0.2) is 35.0 Å². The van der Waals surface area contributed by atoms with Gasteiger partial charge in [0.15, 0.2) is 9.84 Å². The molecule has 158 valence electrons. The highest BCUT2D eigenvalue weighted by Gasteiger charge is 2.50. The molecule has 0 spiro atoms. The zero-order valence-corrected chi connectivity index (χ0v) is 17.9. The van der Waals surface area contributed by atoms with Gasteiger partial charge in [-0.3, -0.25) is 4.99 Å². The van der Waals surface area contributed by atoms with Crippen LogP contribution in [0.4, 0.5) is 8.78 Å². The quantitative estimate of drug-likeness (QED) is 0.651. The molecule has 1 atom stereocenters. The Labute approximate surface area is 175 Å². The van der Waals surface area contributed by atoms with Gasteiger partial charge in [-0.25, -0.2) is 17.2 Å². The minimum absolute atomic E-state index is 0.0593. The number of rotatable bonds is 3. The van der Waals surface area contributed by atoms with Gasteiger partial charge in [-0.15, -0.1) is 21.5 Å². The van der Waals surface area contributed by atoms with E-state index in [1.54, 1.807) is 0 Å². The lowest BCUT2D eigenvalue weighted by Gasteiger charge is -2.37. The second kappa shape index (κ2) is 6.67. The van der Waals surface area contributed by atoms with Crippen LogP contribution in [0.25, 0.3) is 22.2 Å². The smallest absolute Gasteiger partial charge is 0.258 e. The molecule has 2 N–H and O–H groups in total. The maximum Gasteiger partial charge on any atom is 0.258 e. The van der Waals surface area contributed by atoms with Gasteiger partial charge in [0, 0.05) is 5.56 Å². The molecule has 0 saturated heterocycles. The number of benzene rings is 1. The number of halogens is 2. The Kier molecular flexibility index (Phi) is 4.58.